The van der Waals surface area contributed by atoms with E-state index in [4.69, 9.17) is 12.2 Å². The monoisotopic (exact) mass is 207 g/mol. The van der Waals surface area contributed by atoms with E-state index in [1.165, 1.54) is 11.1 Å². The first-order chi connectivity index (χ1) is 6.36. The topological polar surface area (TPSA) is 15.8 Å². The lowest BCUT2D eigenvalue weighted by Gasteiger charge is -1.96. The number of hydrogen-bond donors (Lipinski definition) is 1. The van der Waals surface area contributed by atoms with Crippen LogP contribution in [0.25, 0.3) is 0 Å². The van der Waals surface area contributed by atoms with Gasteiger partial charge in [0.05, 0.1) is 0 Å². The number of benzene rings is 1. The van der Waals surface area contributed by atoms with Crippen molar-refractivity contribution in [3.05, 3.63) is 51.5 Å². The zero-order valence-electron chi connectivity index (χ0n) is 6.99. The second kappa shape index (κ2) is 3.85. The van der Waals surface area contributed by atoms with Crippen molar-refractivity contribution in [2.75, 3.05) is 0 Å². The predicted molar refractivity (Wildman–Crippen MR) is 58.8 cm³/mol. The molecule has 1 aromatic heterocycles. The van der Waals surface area contributed by atoms with Crippen LogP contribution in [-0.4, -0.2) is 4.37 Å². The molecule has 0 unspecified atom stereocenters. The van der Waals surface area contributed by atoms with Crippen LogP contribution in [0.5, 0.6) is 0 Å². The molecule has 2 rings (SSSR count). The van der Waals surface area contributed by atoms with Gasteiger partial charge in [-0.25, -0.2) is 0 Å². The average molecular weight is 207 g/mol. The molecule has 1 heterocycles. The highest BCUT2D eigenvalue weighted by Gasteiger charge is 1.98. The molecular formula is C10H9NS2. The van der Waals surface area contributed by atoms with Gasteiger partial charge >= 0.3 is 0 Å². The highest BCUT2D eigenvalue weighted by atomic mass is 32.1. The minimum absolute atomic E-state index is 0.869. The zero-order valence-corrected chi connectivity index (χ0v) is 8.62. The molecule has 66 valence electrons. The van der Waals surface area contributed by atoms with Gasteiger partial charge in [-0.2, -0.15) is 0 Å². The lowest BCUT2D eigenvalue weighted by molar-refractivity contribution is 1.19. The number of rotatable bonds is 2. The van der Waals surface area contributed by atoms with Crippen molar-refractivity contribution in [2.24, 2.45) is 0 Å². The molecule has 0 spiro atoms. The van der Waals surface area contributed by atoms with Crippen molar-refractivity contribution < 1.29 is 0 Å². The van der Waals surface area contributed by atoms with Gasteiger partial charge in [0.2, 0.25) is 0 Å². The quantitative estimate of drug-likeness (QED) is 0.746. The van der Waals surface area contributed by atoms with Crippen LogP contribution in [0.2, 0.25) is 0 Å². The fourth-order valence-corrected chi connectivity index (χ4v) is 2.20. The number of nitrogens with one attached hydrogen (secondary N) is 1. The lowest BCUT2D eigenvalue weighted by atomic mass is 10.1. The standard InChI is InChI=1S/C10H9NS2/c12-10-9(7-13-11-10)6-8-4-2-1-3-5-8/h1-5,7H,6H2,(H,11,12). The Balaban J connectivity index is 2.25. The SMILES string of the molecule is S=c1[nH]scc1Cc1ccccc1. The molecule has 1 nitrogen and oxygen atoms in total. The van der Waals surface area contributed by atoms with Crippen LogP contribution in [-0.2, 0) is 6.42 Å². The Hall–Kier alpha value is -0.930. The Morgan fingerprint density at radius 1 is 1.23 bits per heavy atom. The third-order valence-corrected chi connectivity index (χ3v) is 3.10. The van der Waals surface area contributed by atoms with Gasteiger partial charge in [-0.1, -0.05) is 54.1 Å². The Labute approximate surface area is 86.2 Å². The Kier molecular flexibility index (Phi) is 2.57. The molecule has 3 heteroatoms. The molecule has 13 heavy (non-hydrogen) atoms. The van der Waals surface area contributed by atoms with E-state index in [1.807, 2.05) is 6.07 Å². The van der Waals surface area contributed by atoms with Crippen LogP contribution < -0.4 is 0 Å². The lowest BCUT2D eigenvalue weighted by Crippen LogP contribution is -1.85. The van der Waals surface area contributed by atoms with Gasteiger partial charge in [-0.05, 0) is 5.56 Å². The summed E-state index contributed by atoms with van der Waals surface area (Å²) < 4.78 is 3.91. The summed E-state index contributed by atoms with van der Waals surface area (Å²) in [6.45, 7) is 0. The van der Waals surface area contributed by atoms with Gasteiger partial charge < -0.3 is 4.37 Å². The zero-order chi connectivity index (χ0) is 9.10. The Morgan fingerprint density at radius 2 is 2.00 bits per heavy atom. The summed E-state index contributed by atoms with van der Waals surface area (Å²) >= 11 is 6.70. The summed E-state index contributed by atoms with van der Waals surface area (Å²) in [6.07, 6.45) is 0.930. The molecule has 2 aromatic rings. The van der Waals surface area contributed by atoms with E-state index >= 15 is 0 Å². The number of hydrogen-bond acceptors (Lipinski definition) is 2. The van der Waals surface area contributed by atoms with Crippen LogP contribution in [0, 0.1) is 4.64 Å². The van der Waals surface area contributed by atoms with Crippen molar-refractivity contribution in [1.82, 2.24) is 4.37 Å². The third kappa shape index (κ3) is 2.05. The van der Waals surface area contributed by atoms with Gasteiger partial charge in [0.1, 0.15) is 4.64 Å². The maximum absolute atomic E-state index is 5.14. The molecule has 0 fully saturated rings. The van der Waals surface area contributed by atoms with Gasteiger partial charge in [0, 0.05) is 17.4 Å². The van der Waals surface area contributed by atoms with Crippen molar-refractivity contribution in [3.8, 4) is 0 Å². The maximum atomic E-state index is 5.14. The van der Waals surface area contributed by atoms with Crippen LogP contribution in [0.3, 0.4) is 0 Å². The summed E-state index contributed by atoms with van der Waals surface area (Å²) in [6, 6.07) is 10.4. The van der Waals surface area contributed by atoms with Gasteiger partial charge in [0.15, 0.2) is 0 Å². The molecule has 0 aliphatic carbocycles. The average Bonchev–Trinajstić information content (AvgIpc) is 2.54. The highest BCUT2D eigenvalue weighted by molar-refractivity contribution is 7.71. The molecule has 0 amide bonds. The summed E-state index contributed by atoms with van der Waals surface area (Å²) in [5, 5.41) is 2.08. The molecule has 0 aliphatic rings. The first-order valence-corrected chi connectivity index (χ1v) is 5.34. The van der Waals surface area contributed by atoms with Gasteiger partial charge in [-0.15, -0.1) is 0 Å². The van der Waals surface area contributed by atoms with Crippen molar-refractivity contribution in [3.63, 3.8) is 0 Å². The third-order valence-electron chi connectivity index (χ3n) is 1.88. The van der Waals surface area contributed by atoms with E-state index in [2.05, 4.69) is 34.0 Å². The smallest absolute Gasteiger partial charge is 0.116 e. The molecule has 0 saturated heterocycles. The molecule has 1 aromatic carbocycles. The van der Waals surface area contributed by atoms with E-state index in [9.17, 15) is 0 Å². The number of aromatic nitrogens is 1. The first-order valence-electron chi connectivity index (χ1n) is 4.05. The van der Waals surface area contributed by atoms with Crippen LogP contribution in [0.4, 0.5) is 0 Å². The normalized spacial score (nSPS) is 10.2. The summed E-state index contributed by atoms with van der Waals surface area (Å²) in [7, 11) is 0. The number of aromatic amines is 1. The van der Waals surface area contributed by atoms with Crippen LogP contribution in [0.1, 0.15) is 11.1 Å². The summed E-state index contributed by atoms with van der Waals surface area (Å²) in [5.41, 5.74) is 2.52. The molecule has 0 saturated carbocycles. The second-order valence-corrected chi connectivity index (χ2v) is 3.94. The van der Waals surface area contributed by atoms with Crippen molar-refractivity contribution in [2.45, 2.75) is 6.42 Å². The van der Waals surface area contributed by atoms with Crippen molar-refractivity contribution >= 4 is 23.8 Å². The van der Waals surface area contributed by atoms with Gasteiger partial charge in [-0.3, -0.25) is 0 Å². The Bertz CT molecular complexity index is 427. The molecule has 0 aliphatic heterocycles. The maximum Gasteiger partial charge on any atom is 0.116 e. The van der Waals surface area contributed by atoms with E-state index in [1.54, 1.807) is 11.5 Å². The Morgan fingerprint density at radius 3 is 2.62 bits per heavy atom. The van der Waals surface area contributed by atoms with Gasteiger partial charge in [0.25, 0.3) is 0 Å². The highest BCUT2D eigenvalue weighted by Crippen LogP contribution is 2.11. The minimum Gasteiger partial charge on any atom is -0.302 e. The molecule has 0 radical (unpaired) electrons. The fourth-order valence-electron chi connectivity index (χ4n) is 1.21. The van der Waals surface area contributed by atoms with Crippen LogP contribution >= 0.6 is 23.8 Å². The minimum atomic E-state index is 0.869. The fraction of sp³-hybridized carbons (Fsp3) is 0.100. The van der Waals surface area contributed by atoms with E-state index < -0.39 is 0 Å². The first kappa shape index (κ1) is 8.66. The number of H-pyrrole nitrogens is 1. The van der Waals surface area contributed by atoms with E-state index in [-0.39, 0.29) is 0 Å². The predicted octanol–water partition coefficient (Wildman–Crippen LogP) is 3.40. The molecular weight excluding hydrogens is 198 g/mol. The summed E-state index contributed by atoms with van der Waals surface area (Å²) in [4.78, 5) is 0. The molecule has 1 N–H and O–H groups in total. The molecule has 0 atom stereocenters. The largest absolute Gasteiger partial charge is 0.302 e. The summed E-state index contributed by atoms with van der Waals surface area (Å²) in [5.74, 6) is 0. The van der Waals surface area contributed by atoms with E-state index in [0.29, 0.717) is 0 Å². The molecule has 0 bridgehead atoms. The van der Waals surface area contributed by atoms with Crippen LogP contribution in [0.15, 0.2) is 35.7 Å². The second-order valence-electron chi connectivity index (χ2n) is 2.85. The van der Waals surface area contributed by atoms with Crippen molar-refractivity contribution in [1.29, 1.82) is 0 Å². The van der Waals surface area contributed by atoms with E-state index in [0.717, 1.165) is 11.1 Å².